The van der Waals surface area contributed by atoms with Crippen LogP contribution in [-0.2, 0) is 22.4 Å². The lowest BCUT2D eigenvalue weighted by molar-refractivity contribution is -0.117. The van der Waals surface area contributed by atoms with Crippen LogP contribution >= 0.6 is 68.0 Å². The minimum atomic E-state index is -0.310. The van der Waals surface area contributed by atoms with Crippen molar-refractivity contribution in [1.82, 2.24) is 20.6 Å². The van der Waals surface area contributed by atoms with Crippen LogP contribution in [0.25, 0.3) is 50.4 Å². The van der Waals surface area contributed by atoms with Crippen molar-refractivity contribution >= 4 is 91.2 Å². The van der Waals surface area contributed by atoms with Gasteiger partial charge in [-0.15, -0.1) is 68.0 Å². The third-order valence-corrected chi connectivity index (χ3v) is 18.4. The Kier molecular flexibility index (Phi) is 13.8. The van der Waals surface area contributed by atoms with E-state index in [-0.39, 0.29) is 11.8 Å². The van der Waals surface area contributed by atoms with E-state index in [1.54, 1.807) is 22.7 Å². The van der Waals surface area contributed by atoms with Crippen molar-refractivity contribution in [3.05, 3.63) is 91.8 Å². The molecule has 2 atom stereocenters. The lowest BCUT2D eigenvalue weighted by atomic mass is 9.95. The Hall–Kier alpha value is -3.52. The molecule has 6 aromatic rings. The topological polar surface area (TPSA) is 84.0 Å². The molecule has 0 spiro atoms. The standard InChI is InChI=1S/C48H54N4O2S6/c1-27(2)9-7-11-29(5)13-15-31-21-37(55-25-31)33-17-19-35(57-33)39-23-49-47(59-39)43-41-42(46(54)51-43)44(52-45(41)53)48-50-24-40(60-48)36-20-18-34(58-36)38-22-32(26-56-38)16-14-30(6)12-8-10-28(3)4/h17-30H,7-16H2,1-6H3,(H,51,54)(H,52,53). The van der Waals surface area contributed by atoms with Crippen molar-refractivity contribution in [3.8, 4) is 39.0 Å². The van der Waals surface area contributed by atoms with E-state index in [0.717, 1.165) is 56.0 Å². The van der Waals surface area contributed by atoms with Crippen LogP contribution in [-0.4, -0.2) is 21.8 Å². The van der Waals surface area contributed by atoms with Crippen LogP contribution in [0.2, 0.25) is 0 Å². The van der Waals surface area contributed by atoms with Crippen LogP contribution in [0, 0.1) is 23.7 Å². The molecule has 60 heavy (non-hydrogen) atoms. The zero-order valence-electron chi connectivity index (χ0n) is 35.3. The fraction of sp³-hybridized carbons (Fsp3) is 0.417. The molecule has 0 fully saturated rings. The molecule has 2 unspecified atom stereocenters. The van der Waals surface area contributed by atoms with Crippen molar-refractivity contribution in [2.75, 3.05) is 0 Å². The number of fused-ring (bicyclic) bond motifs is 1. The Morgan fingerprint density at radius 2 is 0.900 bits per heavy atom. The number of carbonyl (C=O) groups is 2. The molecule has 314 valence electrons. The van der Waals surface area contributed by atoms with Crippen LogP contribution in [0.1, 0.15) is 114 Å². The monoisotopic (exact) mass is 910 g/mol. The summed E-state index contributed by atoms with van der Waals surface area (Å²) in [5.74, 6) is 2.45. The predicted octanol–water partition coefficient (Wildman–Crippen LogP) is 14.7. The lowest BCUT2D eigenvalue weighted by Crippen LogP contribution is -2.21. The van der Waals surface area contributed by atoms with Gasteiger partial charge in [-0.25, -0.2) is 9.97 Å². The molecule has 0 radical (unpaired) electrons. The number of hydrogen-bond acceptors (Lipinski definition) is 10. The molecule has 2 aliphatic rings. The summed E-state index contributed by atoms with van der Waals surface area (Å²) in [5.41, 5.74) is 4.46. The molecule has 0 aliphatic carbocycles. The maximum Gasteiger partial charge on any atom is 0.258 e. The van der Waals surface area contributed by atoms with E-state index in [2.05, 4.69) is 99.3 Å². The van der Waals surface area contributed by atoms with Crippen molar-refractivity contribution < 1.29 is 9.59 Å². The fourth-order valence-electron chi connectivity index (χ4n) is 7.85. The van der Waals surface area contributed by atoms with Crippen LogP contribution < -0.4 is 10.6 Å². The Morgan fingerprint density at radius 3 is 1.30 bits per heavy atom. The highest BCUT2D eigenvalue weighted by Crippen LogP contribution is 2.45. The number of carbonyl (C=O) groups excluding carboxylic acids is 2. The molecular formula is C48H54N4O2S6. The van der Waals surface area contributed by atoms with Gasteiger partial charge in [-0.3, -0.25) is 9.59 Å². The molecule has 2 aliphatic heterocycles. The summed E-state index contributed by atoms with van der Waals surface area (Å²) in [6.07, 6.45) is 16.3. The van der Waals surface area contributed by atoms with E-state index in [9.17, 15) is 9.59 Å². The van der Waals surface area contributed by atoms with E-state index in [0.29, 0.717) is 32.6 Å². The molecule has 2 N–H and O–H groups in total. The number of thiazole rings is 2. The van der Waals surface area contributed by atoms with Gasteiger partial charge < -0.3 is 10.6 Å². The van der Waals surface area contributed by atoms with Crippen LogP contribution in [0.3, 0.4) is 0 Å². The van der Waals surface area contributed by atoms with Crippen molar-refractivity contribution in [3.63, 3.8) is 0 Å². The van der Waals surface area contributed by atoms with Gasteiger partial charge in [0.05, 0.1) is 32.3 Å². The summed E-state index contributed by atoms with van der Waals surface area (Å²) in [6, 6.07) is 13.4. The Balaban J connectivity index is 0.917. The lowest BCUT2D eigenvalue weighted by Gasteiger charge is -2.11. The summed E-state index contributed by atoms with van der Waals surface area (Å²) < 4.78 is 0. The van der Waals surface area contributed by atoms with E-state index in [4.69, 9.17) is 9.97 Å². The van der Waals surface area contributed by atoms with Gasteiger partial charge in [-0.2, -0.15) is 0 Å². The molecular weight excluding hydrogens is 857 g/mol. The van der Waals surface area contributed by atoms with E-state index < -0.39 is 0 Å². The quantitative estimate of drug-likeness (QED) is 0.0799. The van der Waals surface area contributed by atoms with Gasteiger partial charge in [-0.05, 0) is 108 Å². The van der Waals surface area contributed by atoms with Crippen LogP contribution in [0.5, 0.6) is 0 Å². The zero-order chi connectivity index (χ0) is 41.9. The second kappa shape index (κ2) is 19.3. The van der Waals surface area contributed by atoms with Crippen molar-refractivity contribution in [2.24, 2.45) is 23.7 Å². The Morgan fingerprint density at radius 1 is 0.500 bits per heavy atom. The maximum atomic E-state index is 13.5. The average Bonchev–Trinajstić information content (AvgIpc) is 4.07. The molecule has 8 heterocycles. The molecule has 0 saturated carbocycles. The second-order valence-electron chi connectivity index (χ2n) is 17.4. The largest absolute Gasteiger partial charge is 0.319 e. The molecule has 6 nitrogen and oxygen atoms in total. The van der Waals surface area contributed by atoms with Gasteiger partial charge in [-0.1, -0.05) is 80.1 Å². The minimum absolute atomic E-state index is 0.310. The Bertz CT molecular complexity index is 2340. The number of thiophene rings is 4. The maximum absolute atomic E-state index is 13.5. The third-order valence-electron chi connectivity index (χ3n) is 11.4. The zero-order valence-corrected chi connectivity index (χ0v) is 40.2. The van der Waals surface area contributed by atoms with E-state index in [1.807, 2.05) is 35.1 Å². The number of nitrogens with zero attached hydrogens (tertiary/aromatic N) is 2. The Labute approximate surface area is 379 Å². The third kappa shape index (κ3) is 10.1. The number of amides is 2. The van der Waals surface area contributed by atoms with E-state index in [1.165, 1.54) is 105 Å². The number of rotatable bonds is 20. The average molecular weight is 911 g/mol. The number of aromatic nitrogens is 2. The molecule has 2 amide bonds. The van der Waals surface area contributed by atoms with Gasteiger partial charge in [0.15, 0.2) is 0 Å². The second-order valence-corrected chi connectivity index (χ2v) is 23.4. The van der Waals surface area contributed by atoms with E-state index >= 15 is 0 Å². The SMILES string of the molecule is CC(C)CCCC(C)CCc1csc(-c2ccc(-c3cnc(C4=C5C(=O)NC(c6ncc(-c7ccc(-c8cc(CCC(C)CCCC(C)C)cs8)s7)s6)=C5C(=O)N4)s3)s2)c1. The first-order valence-electron chi connectivity index (χ1n) is 21.4. The highest BCUT2D eigenvalue weighted by atomic mass is 32.1. The smallest absolute Gasteiger partial charge is 0.258 e. The summed E-state index contributed by atoms with van der Waals surface area (Å²) in [4.78, 5) is 45.8. The molecule has 0 bridgehead atoms. The van der Waals surface area contributed by atoms with Crippen molar-refractivity contribution in [1.29, 1.82) is 0 Å². The summed E-state index contributed by atoms with van der Waals surface area (Å²) in [5, 5.41) is 11.8. The van der Waals surface area contributed by atoms with Crippen molar-refractivity contribution in [2.45, 2.75) is 106 Å². The normalized spacial score (nSPS) is 15.2. The number of aryl methyl sites for hydroxylation is 2. The first kappa shape index (κ1) is 43.1. The predicted molar refractivity (Wildman–Crippen MR) is 260 cm³/mol. The summed E-state index contributed by atoms with van der Waals surface area (Å²) in [7, 11) is 0. The minimum Gasteiger partial charge on any atom is -0.319 e. The summed E-state index contributed by atoms with van der Waals surface area (Å²) >= 11 is 10.1. The van der Waals surface area contributed by atoms with Gasteiger partial charge in [0.1, 0.15) is 10.0 Å². The fourth-order valence-corrected chi connectivity index (χ4v) is 14.0. The van der Waals surface area contributed by atoms with Crippen LogP contribution in [0.15, 0.2) is 70.7 Å². The van der Waals surface area contributed by atoms with Gasteiger partial charge in [0.25, 0.3) is 11.8 Å². The highest BCUT2D eigenvalue weighted by Gasteiger charge is 2.42. The molecule has 8 rings (SSSR count). The van der Waals surface area contributed by atoms with Gasteiger partial charge in [0, 0.05) is 41.7 Å². The summed E-state index contributed by atoms with van der Waals surface area (Å²) in [6.45, 7) is 14.0. The van der Waals surface area contributed by atoms with Crippen LogP contribution in [0.4, 0.5) is 0 Å². The number of nitrogens with one attached hydrogen (secondary N) is 2. The first-order chi connectivity index (χ1) is 29.0. The molecule has 0 saturated heterocycles. The van der Waals surface area contributed by atoms with Gasteiger partial charge in [0.2, 0.25) is 0 Å². The molecule has 6 aromatic heterocycles. The highest BCUT2D eigenvalue weighted by molar-refractivity contribution is 7.27. The first-order valence-corrected chi connectivity index (χ1v) is 26.4. The number of hydrogen-bond donors (Lipinski definition) is 2. The molecule has 0 aromatic carbocycles. The molecule has 12 heteroatoms. The van der Waals surface area contributed by atoms with Gasteiger partial charge >= 0.3 is 0 Å².